The minimum absolute atomic E-state index is 0.0297. The number of rotatable bonds is 3. The van der Waals surface area contributed by atoms with Crippen LogP contribution in [-0.2, 0) is 0 Å². The highest BCUT2D eigenvalue weighted by atomic mass is 16.3. The van der Waals surface area contributed by atoms with Crippen molar-refractivity contribution in [2.75, 3.05) is 0 Å². The molecular formula is C15H12O3. The lowest BCUT2D eigenvalue weighted by molar-refractivity contribution is 0.0817. The molecule has 0 saturated carbocycles. The highest BCUT2D eigenvalue weighted by Crippen LogP contribution is 2.14. The fraction of sp³-hybridized carbons (Fsp3) is 0.0667. The van der Waals surface area contributed by atoms with Crippen LogP contribution in [0, 0.1) is 6.92 Å². The standard InChI is InChI=1S/C15H12O3/c1-10-4-2-5-11(8-10)14(17)15(18)12-6-3-7-13(16)9-12/h2-9,16H,1H3. The van der Waals surface area contributed by atoms with Crippen molar-refractivity contribution in [3.63, 3.8) is 0 Å². The first-order valence-corrected chi connectivity index (χ1v) is 5.52. The second kappa shape index (κ2) is 4.84. The zero-order chi connectivity index (χ0) is 13.1. The van der Waals surface area contributed by atoms with E-state index in [1.807, 2.05) is 13.0 Å². The second-order valence-electron chi connectivity index (χ2n) is 4.08. The Kier molecular flexibility index (Phi) is 3.24. The first-order valence-electron chi connectivity index (χ1n) is 5.52. The summed E-state index contributed by atoms with van der Waals surface area (Å²) in [6.07, 6.45) is 0. The van der Waals surface area contributed by atoms with Crippen LogP contribution >= 0.6 is 0 Å². The number of hydrogen-bond acceptors (Lipinski definition) is 3. The predicted molar refractivity (Wildman–Crippen MR) is 67.9 cm³/mol. The third-order valence-corrected chi connectivity index (χ3v) is 2.59. The van der Waals surface area contributed by atoms with Crippen molar-refractivity contribution >= 4 is 11.6 Å². The van der Waals surface area contributed by atoms with Crippen LogP contribution in [0.2, 0.25) is 0 Å². The first kappa shape index (κ1) is 12.0. The maximum Gasteiger partial charge on any atom is 0.233 e. The molecule has 0 amide bonds. The van der Waals surface area contributed by atoms with E-state index in [0.29, 0.717) is 5.56 Å². The van der Waals surface area contributed by atoms with Crippen molar-refractivity contribution in [3.05, 3.63) is 65.2 Å². The minimum atomic E-state index is -0.614. The van der Waals surface area contributed by atoms with E-state index in [1.165, 1.54) is 24.3 Å². The van der Waals surface area contributed by atoms with Gasteiger partial charge in [-0.1, -0.05) is 35.9 Å². The highest BCUT2D eigenvalue weighted by Gasteiger charge is 2.18. The molecule has 0 aromatic heterocycles. The van der Waals surface area contributed by atoms with E-state index >= 15 is 0 Å². The number of ketones is 2. The number of carbonyl (C=O) groups excluding carboxylic acids is 2. The van der Waals surface area contributed by atoms with Gasteiger partial charge in [-0.05, 0) is 25.1 Å². The minimum Gasteiger partial charge on any atom is -0.508 e. The summed E-state index contributed by atoms with van der Waals surface area (Å²) in [7, 11) is 0. The van der Waals surface area contributed by atoms with Gasteiger partial charge in [0.2, 0.25) is 11.6 Å². The molecule has 2 rings (SSSR count). The van der Waals surface area contributed by atoms with Crippen molar-refractivity contribution < 1.29 is 14.7 Å². The van der Waals surface area contributed by atoms with Crippen molar-refractivity contribution in [1.29, 1.82) is 0 Å². The molecule has 0 radical (unpaired) electrons. The number of aromatic hydroxyl groups is 1. The quantitative estimate of drug-likeness (QED) is 0.663. The number of Topliss-reactive ketones (excluding diaryl/α,β-unsaturated/α-hetero) is 2. The van der Waals surface area contributed by atoms with Crippen molar-refractivity contribution in [3.8, 4) is 5.75 Å². The maximum absolute atomic E-state index is 12.0. The molecule has 1 N–H and O–H groups in total. The second-order valence-corrected chi connectivity index (χ2v) is 4.08. The SMILES string of the molecule is Cc1cccc(C(=O)C(=O)c2cccc(O)c2)c1. The fourth-order valence-electron chi connectivity index (χ4n) is 1.70. The smallest absolute Gasteiger partial charge is 0.233 e. The zero-order valence-electron chi connectivity index (χ0n) is 9.88. The third-order valence-electron chi connectivity index (χ3n) is 2.59. The zero-order valence-corrected chi connectivity index (χ0v) is 9.88. The summed E-state index contributed by atoms with van der Waals surface area (Å²) in [5.41, 5.74) is 1.48. The lowest BCUT2D eigenvalue weighted by atomic mass is 10.0. The van der Waals surface area contributed by atoms with Gasteiger partial charge in [-0.25, -0.2) is 0 Å². The van der Waals surface area contributed by atoms with Gasteiger partial charge in [0.15, 0.2) is 0 Å². The Labute approximate surface area is 105 Å². The Morgan fingerprint density at radius 3 is 2.00 bits per heavy atom. The van der Waals surface area contributed by atoms with Gasteiger partial charge in [0.1, 0.15) is 5.75 Å². The van der Waals surface area contributed by atoms with Gasteiger partial charge in [-0.15, -0.1) is 0 Å². The number of benzene rings is 2. The molecule has 0 aliphatic heterocycles. The largest absolute Gasteiger partial charge is 0.508 e. The van der Waals surface area contributed by atoms with Gasteiger partial charge in [-0.3, -0.25) is 9.59 Å². The molecule has 0 bridgehead atoms. The maximum atomic E-state index is 12.0. The topological polar surface area (TPSA) is 54.4 Å². The van der Waals surface area contributed by atoms with Gasteiger partial charge in [0.25, 0.3) is 0 Å². The van der Waals surface area contributed by atoms with Gasteiger partial charge in [0.05, 0.1) is 0 Å². The molecule has 0 aliphatic rings. The van der Waals surface area contributed by atoms with Gasteiger partial charge in [0, 0.05) is 11.1 Å². The molecule has 0 fully saturated rings. The number of carbonyl (C=O) groups is 2. The monoisotopic (exact) mass is 240 g/mol. The van der Waals surface area contributed by atoms with E-state index in [-0.39, 0.29) is 11.3 Å². The highest BCUT2D eigenvalue weighted by molar-refractivity contribution is 6.49. The van der Waals surface area contributed by atoms with Crippen molar-refractivity contribution in [1.82, 2.24) is 0 Å². The van der Waals surface area contributed by atoms with Crippen molar-refractivity contribution in [2.24, 2.45) is 0 Å². The molecule has 0 saturated heterocycles. The molecule has 0 heterocycles. The fourth-order valence-corrected chi connectivity index (χ4v) is 1.70. The molecule has 90 valence electrons. The summed E-state index contributed by atoms with van der Waals surface area (Å²) in [6.45, 7) is 1.86. The van der Waals surface area contributed by atoms with E-state index in [9.17, 15) is 14.7 Å². The van der Waals surface area contributed by atoms with E-state index in [4.69, 9.17) is 0 Å². The lowest BCUT2D eigenvalue weighted by Crippen LogP contribution is -2.14. The van der Waals surface area contributed by atoms with Crippen LogP contribution in [0.4, 0.5) is 0 Å². The van der Waals surface area contributed by atoms with Gasteiger partial charge in [-0.2, -0.15) is 0 Å². The number of phenols is 1. The van der Waals surface area contributed by atoms with E-state index in [0.717, 1.165) is 5.56 Å². The summed E-state index contributed by atoms with van der Waals surface area (Å²) in [5.74, 6) is -1.21. The van der Waals surface area contributed by atoms with Gasteiger partial charge < -0.3 is 5.11 Å². The van der Waals surface area contributed by atoms with Crippen LogP contribution in [0.3, 0.4) is 0 Å². The van der Waals surface area contributed by atoms with E-state index < -0.39 is 11.6 Å². The van der Waals surface area contributed by atoms with Crippen LogP contribution in [-0.4, -0.2) is 16.7 Å². The summed E-state index contributed by atoms with van der Waals surface area (Å²) in [6, 6.07) is 12.7. The predicted octanol–water partition coefficient (Wildman–Crippen LogP) is 2.77. The molecule has 0 unspecified atom stereocenters. The third kappa shape index (κ3) is 2.46. The molecule has 0 atom stereocenters. The molecule has 2 aromatic carbocycles. The first-order chi connectivity index (χ1) is 8.58. The molecule has 0 aliphatic carbocycles. The molecule has 0 spiro atoms. The Hall–Kier alpha value is -2.42. The Morgan fingerprint density at radius 1 is 0.889 bits per heavy atom. The van der Waals surface area contributed by atoms with Crippen LogP contribution in [0.15, 0.2) is 48.5 Å². The number of aryl methyl sites for hydroxylation is 1. The lowest BCUT2D eigenvalue weighted by Gasteiger charge is -2.02. The van der Waals surface area contributed by atoms with E-state index in [2.05, 4.69) is 0 Å². The van der Waals surface area contributed by atoms with Crippen molar-refractivity contribution in [2.45, 2.75) is 6.92 Å². The van der Waals surface area contributed by atoms with Crippen LogP contribution in [0.25, 0.3) is 0 Å². The normalized spacial score (nSPS) is 10.1. The Balaban J connectivity index is 2.32. The average Bonchev–Trinajstić information content (AvgIpc) is 2.37. The summed E-state index contributed by atoms with van der Waals surface area (Å²) in [4.78, 5) is 23.9. The molecule has 3 nitrogen and oxygen atoms in total. The average molecular weight is 240 g/mol. The Bertz CT molecular complexity index is 559. The number of hydrogen-bond donors (Lipinski definition) is 1. The molecule has 3 heteroatoms. The van der Waals surface area contributed by atoms with Gasteiger partial charge >= 0.3 is 0 Å². The molecular weight excluding hydrogens is 228 g/mol. The summed E-state index contributed by atoms with van der Waals surface area (Å²) in [5, 5.41) is 9.29. The number of phenolic OH excluding ortho intramolecular Hbond substituents is 1. The summed E-state index contributed by atoms with van der Waals surface area (Å²) >= 11 is 0. The summed E-state index contributed by atoms with van der Waals surface area (Å²) < 4.78 is 0. The van der Waals surface area contributed by atoms with Crippen LogP contribution in [0.5, 0.6) is 5.75 Å². The van der Waals surface area contributed by atoms with Crippen LogP contribution < -0.4 is 0 Å². The molecule has 18 heavy (non-hydrogen) atoms. The molecule has 2 aromatic rings. The van der Waals surface area contributed by atoms with Crippen LogP contribution in [0.1, 0.15) is 26.3 Å². The van der Waals surface area contributed by atoms with E-state index in [1.54, 1.807) is 18.2 Å². The Morgan fingerprint density at radius 2 is 1.44 bits per heavy atom.